The molecule has 3 aliphatic rings. The molecule has 5 nitrogen and oxygen atoms in total. The van der Waals surface area contributed by atoms with Crippen molar-refractivity contribution in [3.05, 3.63) is 67.0 Å². The highest BCUT2D eigenvalue weighted by Gasteiger charge is 2.59. The van der Waals surface area contributed by atoms with Crippen molar-refractivity contribution in [2.75, 3.05) is 0 Å². The van der Waals surface area contributed by atoms with Gasteiger partial charge in [-0.3, -0.25) is 0 Å². The van der Waals surface area contributed by atoms with Crippen LogP contribution in [0.3, 0.4) is 0 Å². The van der Waals surface area contributed by atoms with Crippen LogP contribution in [-0.4, -0.2) is 21.4 Å². The molecule has 3 fully saturated rings. The molecule has 39 heavy (non-hydrogen) atoms. The summed E-state index contributed by atoms with van der Waals surface area (Å²) in [6, 6.07) is 8.69. The molecule has 0 spiro atoms. The summed E-state index contributed by atoms with van der Waals surface area (Å²) in [6.45, 7) is 2.52. The molecule has 2 aromatic carbocycles. The van der Waals surface area contributed by atoms with Crippen LogP contribution in [0.15, 0.2) is 39.3 Å². The minimum Gasteiger partial charge on any atom is -0.382 e. The fourth-order valence-corrected chi connectivity index (χ4v) is 9.17. The summed E-state index contributed by atoms with van der Waals surface area (Å²) in [6.07, 6.45) is 4.37. The van der Waals surface area contributed by atoms with Crippen molar-refractivity contribution in [3.8, 4) is 11.3 Å². The van der Waals surface area contributed by atoms with Crippen LogP contribution in [0.5, 0.6) is 0 Å². The van der Waals surface area contributed by atoms with Gasteiger partial charge in [-0.25, -0.2) is 9.37 Å². The highest BCUT2D eigenvalue weighted by molar-refractivity contribution is 9.10. The minimum absolute atomic E-state index is 0.0221. The second-order valence-electron chi connectivity index (χ2n) is 11.2. The number of halogens is 4. The van der Waals surface area contributed by atoms with Gasteiger partial charge in [0.1, 0.15) is 27.6 Å². The van der Waals surface area contributed by atoms with Crippen LogP contribution < -0.4 is 0 Å². The number of fused-ring (bicyclic) bond motifs is 3. The van der Waals surface area contributed by atoms with E-state index in [-0.39, 0.29) is 23.8 Å². The molecule has 4 aromatic rings. The second-order valence-corrected chi connectivity index (χ2v) is 14.0. The van der Waals surface area contributed by atoms with Crippen molar-refractivity contribution < 1.29 is 18.8 Å². The van der Waals surface area contributed by atoms with Crippen LogP contribution in [0, 0.1) is 23.6 Å². The molecular formula is C29H26BrCl2FN2O3S. The first-order valence-corrected chi connectivity index (χ1v) is 15.6. The number of nitrogens with zero attached hydrogens (tertiary/aromatic N) is 2. The van der Waals surface area contributed by atoms with Crippen LogP contribution in [0.2, 0.25) is 10.0 Å². The number of benzene rings is 2. The standard InChI is InChI=1S/C29H26BrCl2FN2O3S/c1-13-7-15-8-17(11-19(13)29(15,36)28-34-26-22(33)9-16(30)10-23(26)39-28)37-12-18-25(35-38-27(18)14-5-6-14)24-20(31)3-2-4-21(24)32/h2-4,9-10,13-15,17,19,36H,5-8,11-12H2,1H3/t13-,15+,17+,19+,29-/m0/s1. The van der Waals surface area contributed by atoms with E-state index >= 15 is 0 Å². The highest BCUT2D eigenvalue weighted by atomic mass is 79.9. The molecule has 0 radical (unpaired) electrons. The zero-order valence-electron chi connectivity index (χ0n) is 21.1. The summed E-state index contributed by atoms with van der Waals surface area (Å²) < 4.78 is 28.4. The third-order valence-electron chi connectivity index (χ3n) is 8.78. The van der Waals surface area contributed by atoms with E-state index in [1.54, 1.807) is 12.1 Å². The zero-order chi connectivity index (χ0) is 27.1. The molecule has 7 rings (SSSR count). The lowest BCUT2D eigenvalue weighted by atomic mass is 9.72. The summed E-state index contributed by atoms with van der Waals surface area (Å²) >= 11 is 17.8. The molecule has 204 valence electrons. The highest BCUT2D eigenvalue weighted by Crippen LogP contribution is 2.59. The van der Waals surface area contributed by atoms with Crippen LogP contribution in [0.25, 0.3) is 21.5 Å². The SMILES string of the molecule is C[C@H]1C[C@@H]2C[C@@H](OCc3c(-c4c(Cl)cccc4Cl)noc3C3CC3)C[C@H]1[C@]2(O)c1nc2c(F)cc(Br)cc2s1. The average Bonchev–Trinajstić information content (AvgIpc) is 3.48. The van der Waals surface area contributed by atoms with Crippen molar-refractivity contribution in [2.24, 2.45) is 17.8 Å². The van der Waals surface area contributed by atoms with E-state index in [4.69, 9.17) is 32.5 Å². The molecule has 0 amide bonds. The van der Waals surface area contributed by atoms with E-state index in [1.807, 2.05) is 12.1 Å². The van der Waals surface area contributed by atoms with E-state index in [1.165, 1.54) is 17.4 Å². The maximum Gasteiger partial charge on any atom is 0.151 e. The Bertz CT molecular complexity index is 1570. The summed E-state index contributed by atoms with van der Waals surface area (Å²) in [4.78, 5) is 4.62. The number of rotatable bonds is 6. The van der Waals surface area contributed by atoms with E-state index < -0.39 is 5.60 Å². The van der Waals surface area contributed by atoms with Crippen molar-refractivity contribution >= 4 is 60.7 Å². The molecule has 10 heteroatoms. The number of ether oxygens (including phenoxy) is 1. The number of aromatic nitrogens is 2. The van der Waals surface area contributed by atoms with Crippen molar-refractivity contribution in [3.63, 3.8) is 0 Å². The predicted octanol–water partition coefficient (Wildman–Crippen LogP) is 8.88. The first-order chi connectivity index (χ1) is 18.7. The fourth-order valence-electron chi connectivity index (χ4n) is 6.76. The van der Waals surface area contributed by atoms with E-state index in [0.29, 0.717) is 67.6 Å². The number of hydrogen-bond acceptors (Lipinski definition) is 6. The average molecular weight is 652 g/mol. The Kier molecular flexibility index (Phi) is 6.61. The molecule has 2 aromatic heterocycles. The summed E-state index contributed by atoms with van der Waals surface area (Å²) in [5.41, 5.74) is 1.44. The Morgan fingerprint density at radius 1 is 1.21 bits per heavy atom. The topological polar surface area (TPSA) is 68.4 Å². The Morgan fingerprint density at radius 3 is 2.69 bits per heavy atom. The van der Waals surface area contributed by atoms with Gasteiger partial charge in [0.05, 0.1) is 27.5 Å². The monoisotopic (exact) mass is 650 g/mol. The van der Waals surface area contributed by atoms with Gasteiger partial charge in [0.2, 0.25) is 0 Å². The predicted molar refractivity (Wildman–Crippen MR) is 154 cm³/mol. The summed E-state index contributed by atoms with van der Waals surface area (Å²) in [7, 11) is 0. The Balaban J connectivity index is 1.16. The minimum atomic E-state index is -1.09. The van der Waals surface area contributed by atoms with Crippen LogP contribution >= 0.6 is 50.5 Å². The first kappa shape index (κ1) is 26.4. The van der Waals surface area contributed by atoms with E-state index in [2.05, 4.69) is 33.0 Å². The second kappa shape index (κ2) is 9.78. The zero-order valence-corrected chi connectivity index (χ0v) is 25.0. The maximum absolute atomic E-state index is 14.6. The quantitative estimate of drug-likeness (QED) is 0.226. The van der Waals surface area contributed by atoms with Gasteiger partial charge in [0, 0.05) is 21.5 Å². The molecule has 2 heterocycles. The third kappa shape index (κ3) is 4.37. The number of thiazole rings is 1. The molecule has 2 bridgehead atoms. The lowest BCUT2D eigenvalue weighted by Gasteiger charge is -2.41. The Labute approximate surface area is 247 Å². The Morgan fingerprint density at radius 2 is 1.97 bits per heavy atom. The molecule has 0 unspecified atom stereocenters. The maximum atomic E-state index is 14.6. The fraction of sp³-hybridized carbons (Fsp3) is 0.448. The van der Waals surface area contributed by atoms with Gasteiger partial charge in [0.15, 0.2) is 5.82 Å². The van der Waals surface area contributed by atoms with Crippen molar-refractivity contribution in [2.45, 2.75) is 63.3 Å². The Hall–Kier alpha value is -1.55. The smallest absolute Gasteiger partial charge is 0.151 e. The van der Waals surface area contributed by atoms with Gasteiger partial charge < -0.3 is 14.4 Å². The molecule has 0 aliphatic heterocycles. The van der Waals surface area contributed by atoms with Crippen LogP contribution in [0.1, 0.15) is 61.3 Å². The van der Waals surface area contributed by atoms with Crippen LogP contribution in [0.4, 0.5) is 4.39 Å². The largest absolute Gasteiger partial charge is 0.382 e. The number of hydrogen-bond donors (Lipinski definition) is 1. The molecule has 0 saturated heterocycles. The molecule has 3 saturated carbocycles. The third-order valence-corrected chi connectivity index (χ3v) is 11.0. The first-order valence-electron chi connectivity index (χ1n) is 13.3. The van der Waals surface area contributed by atoms with Gasteiger partial charge in [-0.05, 0) is 74.1 Å². The van der Waals surface area contributed by atoms with Gasteiger partial charge in [-0.15, -0.1) is 11.3 Å². The van der Waals surface area contributed by atoms with Gasteiger partial charge in [0.25, 0.3) is 0 Å². The van der Waals surface area contributed by atoms with Crippen LogP contribution in [-0.2, 0) is 16.9 Å². The molecular weight excluding hydrogens is 626 g/mol. The van der Waals surface area contributed by atoms with E-state index in [9.17, 15) is 9.50 Å². The summed E-state index contributed by atoms with van der Waals surface area (Å²) in [5.74, 6) is 1.07. The lowest BCUT2D eigenvalue weighted by Crippen LogP contribution is -2.45. The molecule has 1 N–H and O–H groups in total. The van der Waals surface area contributed by atoms with Crippen molar-refractivity contribution in [1.29, 1.82) is 0 Å². The normalized spacial score (nSPS) is 28.5. The molecule has 5 atom stereocenters. The summed E-state index contributed by atoms with van der Waals surface area (Å²) in [5, 5.41) is 18.2. The van der Waals surface area contributed by atoms with Crippen molar-refractivity contribution in [1.82, 2.24) is 10.1 Å². The number of aliphatic hydroxyl groups is 1. The van der Waals surface area contributed by atoms with E-state index in [0.717, 1.165) is 35.3 Å². The van der Waals surface area contributed by atoms with Gasteiger partial charge >= 0.3 is 0 Å². The van der Waals surface area contributed by atoms with Gasteiger partial charge in [-0.1, -0.05) is 57.3 Å². The molecule has 3 aliphatic carbocycles. The lowest BCUT2D eigenvalue weighted by molar-refractivity contribution is -0.120. The van der Waals surface area contributed by atoms with Gasteiger partial charge in [-0.2, -0.15) is 0 Å².